The highest BCUT2D eigenvalue weighted by Gasteiger charge is 2.47. The van der Waals surface area contributed by atoms with Gasteiger partial charge in [0.2, 0.25) is 11.8 Å². The molecule has 2 atom stereocenters. The number of ether oxygens (including phenoxy) is 1. The molecule has 0 aromatic carbocycles. The molecule has 0 saturated carbocycles. The molecule has 2 aromatic rings. The van der Waals surface area contributed by atoms with Crippen LogP contribution in [0.1, 0.15) is 25.1 Å². The Bertz CT molecular complexity index is 943. The molecule has 0 radical (unpaired) electrons. The number of aryl methyl sites for hydroxylation is 1. The summed E-state index contributed by atoms with van der Waals surface area (Å²) in [4.78, 5) is 24.1. The molecule has 2 aliphatic rings. The van der Waals surface area contributed by atoms with Gasteiger partial charge in [-0.2, -0.15) is 23.1 Å². The van der Waals surface area contributed by atoms with Crippen LogP contribution < -0.4 is 15.4 Å². The van der Waals surface area contributed by atoms with E-state index in [1.54, 1.807) is 6.92 Å². The highest BCUT2D eigenvalue weighted by Crippen LogP contribution is 2.35. The fourth-order valence-corrected chi connectivity index (χ4v) is 3.74. The normalized spacial score (nSPS) is 22.7. The largest absolute Gasteiger partial charge is 0.408 e. The van der Waals surface area contributed by atoms with Gasteiger partial charge in [-0.05, 0) is 20.3 Å². The minimum atomic E-state index is -4.50. The van der Waals surface area contributed by atoms with Gasteiger partial charge in [-0.15, -0.1) is 0 Å². The maximum atomic E-state index is 13.8. The van der Waals surface area contributed by atoms with Crippen molar-refractivity contribution in [1.82, 2.24) is 19.7 Å². The molecule has 158 valence electrons. The second-order valence-electron chi connectivity index (χ2n) is 7.23. The van der Waals surface area contributed by atoms with Crippen molar-refractivity contribution in [2.45, 2.75) is 51.6 Å². The number of fused-ring (bicyclic) bond motifs is 1. The summed E-state index contributed by atoms with van der Waals surface area (Å²) in [5.74, 6) is 0.647. The molecular formula is C17H21F3N6O3. The summed E-state index contributed by atoms with van der Waals surface area (Å²) in [6.45, 7) is 4.55. The number of nitrogens with zero attached hydrogens (tertiary/aromatic N) is 6. The number of morpholine rings is 1. The molecule has 0 bridgehead atoms. The Labute approximate surface area is 164 Å². The molecule has 0 spiro atoms. The van der Waals surface area contributed by atoms with Crippen molar-refractivity contribution in [3.05, 3.63) is 28.1 Å². The Hall–Kier alpha value is -2.63. The topological polar surface area (TPSA) is 89.5 Å². The lowest BCUT2D eigenvalue weighted by Crippen LogP contribution is -2.52. The van der Waals surface area contributed by atoms with E-state index in [9.17, 15) is 18.0 Å². The standard InChI is InChI=1S/C17H21F3N6O3/c1-10-9-28-6-5-24(10)13-7-15(27)25-4-3-12(17(18,19)20)26(16(25)22-13)8-14-21-11(2)23-29-14/h7,10,12H,3-6,8-9H2,1-2H3/t10-,12+/m1/s1. The lowest BCUT2D eigenvalue weighted by Gasteiger charge is -2.39. The van der Waals surface area contributed by atoms with E-state index in [0.717, 1.165) is 4.90 Å². The number of rotatable bonds is 3. The molecule has 0 unspecified atom stereocenters. The molecule has 0 amide bonds. The summed E-state index contributed by atoms with van der Waals surface area (Å²) < 4.78 is 53.0. The van der Waals surface area contributed by atoms with Gasteiger partial charge in [0.15, 0.2) is 5.82 Å². The zero-order valence-corrected chi connectivity index (χ0v) is 16.0. The van der Waals surface area contributed by atoms with E-state index in [0.29, 0.717) is 31.4 Å². The Kier molecular flexibility index (Phi) is 4.97. The molecule has 1 saturated heterocycles. The Morgan fingerprint density at radius 3 is 2.72 bits per heavy atom. The third-order valence-electron chi connectivity index (χ3n) is 5.15. The van der Waals surface area contributed by atoms with Gasteiger partial charge in [-0.3, -0.25) is 9.36 Å². The molecule has 2 aliphatic heterocycles. The van der Waals surface area contributed by atoms with Crippen molar-refractivity contribution in [3.63, 3.8) is 0 Å². The highest BCUT2D eigenvalue weighted by atomic mass is 19.4. The second kappa shape index (κ2) is 7.32. The monoisotopic (exact) mass is 414 g/mol. The molecule has 0 N–H and O–H groups in total. The van der Waals surface area contributed by atoms with Crippen LogP contribution in [0.5, 0.6) is 0 Å². The molecule has 29 heavy (non-hydrogen) atoms. The van der Waals surface area contributed by atoms with Crippen LogP contribution in [0.2, 0.25) is 0 Å². The third-order valence-corrected chi connectivity index (χ3v) is 5.15. The van der Waals surface area contributed by atoms with Crippen LogP contribution >= 0.6 is 0 Å². The fourth-order valence-electron chi connectivity index (χ4n) is 3.74. The van der Waals surface area contributed by atoms with E-state index in [2.05, 4.69) is 15.1 Å². The van der Waals surface area contributed by atoms with Gasteiger partial charge in [-0.1, -0.05) is 5.16 Å². The maximum Gasteiger partial charge on any atom is 0.408 e. The first-order chi connectivity index (χ1) is 13.7. The smallest absolute Gasteiger partial charge is 0.377 e. The summed E-state index contributed by atoms with van der Waals surface area (Å²) in [5, 5.41) is 3.64. The van der Waals surface area contributed by atoms with Gasteiger partial charge >= 0.3 is 6.18 Å². The van der Waals surface area contributed by atoms with E-state index >= 15 is 0 Å². The summed E-state index contributed by atoms with van der Waals surface area (Å²) in [6, 6.07) is -0.486. The number of halogens is 3. The number of aromatic nitrogens is 4. The minimum absolute atomic E-state index is 0.0320. The zero-order valence-electron chi connectivity index (χ0n) is 16.0. The summed E-state index contributed by atoms with van der Waals surface area (Å²) in [6.07, 6.45) is -4.77. The van der Waals surface area contributed by atoms with Gasteiger partial charge in [0.05, 0.1) is 19.3 Å². The van der Waals surface area contributed by atoms with Crippen LogP contribution in [0.4, 0.5) is 24.9 Å². The number of anilines is 2. The highest BCUT2D eigenvalue weighted by molar-refractivity contribution is 5.47. The predicted molar refractivity (Wildman–Crippen MR) is 95.8 cm³/mol. The van der Waals surface area contributed by atoms with Gasteiger partial charge < -0.3 is 19.1 Å². The van der Waals surface area contributed by atoms with Crippen LogP contribution in [-0.4, -0.2) is 57.7 Å². The van der Waals surface area contributed by atoms with Crippen LogP contribution in [-0.2, 0) is 17.8 Å². The van der Waals surface area contributed by atoms with E-state index in [1.165, 1.54) is 10.6 Å². The molecule has 1 fully saturated rings. The van der Waals surface area contributed by atoms with Gasteiger partial charge in [0, 0.05) is 19.2 Å². The Balaban J connectivity index is 1.78. The molecule has 12 heteroatoms. The third kappa shape index (κ3) is 3.80. The lowest BCUT2D eigenvalue weighted by atomic mass is 10.1. The van der Waals surface area contributed by atoms with Crippen LogP contribution in [0, 0.1) is 6.92 Å². The number of hydrogen-bond acceptors (Lipinski definition) is 8. The Morgan fingerprint density at radius 2 is 2.07 bits per heavy atom. The van der Waals surface area contributed by atoms with Crippen molar-refractivity contribution in [2.24, 2.45) is 0 Å². The predicted octanol–water partition coefficient (Wildman–Crippen LogP) is 1.50. The molecule has 2 aromatic heterocycles. The summed E-state index contributed by atoms with van der Waals surface area (Å²) in [5.41, 5.74) is -0.393. The number of hydrogen-bond donors (Lipinski definition) is 0. The van der Waals surface area contributed by atoms with E-state index < -0.39 is 17.8 Å². The summed E-state index contributed by atoms with van der Waals surface area (Å²) in [7, 11) is 0. The van der Waals surface area contributed by atoms with Crippen molar-refractivity contribution < 1.29 is 22.4 Å². The molecule has 9 nitrogen and oxygen atoms in total. The second-order valence-corrected chi connectivity index (χ2v) is 7.23. The average molecular weight is 414 g/mol. The first-order valence-electron chi connectivity index (χ1n) is 9.33. The van der Waals surface area contributed by atoms with Crippen molar-refractivity contribution in [2.75, 3.05) is 29.6 Å². The van der Waals surface area contributed by atoms with Gasteiger partial charge in [0.25, 0.3) is 5.56 Å². The molecular weight excluding hydrogens is 393 g/mol. The molecule has 4 rings (SSSR count). The molecule has 0 aliphatic carbocycles. The van der Waals surface area contributed by atoms with E-state index in [1.807, 2.05) is 11.8 Å². The Morgan fingerprint density at radius 1 is 1.28 bits per heavy atom. The van der Waals surface area contributed by atoms with Crippen LogP contribution in [0.25, 0.3) is 0 Å². The lowest BCUT2D eigenvalue weighted by molar-refractivity contribution is -0.153. The number of alkyl halides is 3. The summed E-state index contributed by atoms with van der Waals surface area (Å²) >= 11 is 0. The van der Waals surface area contributed by atoms with Crippen molar-refractivity contribution in [1.29, 1.82) is 0 Å². The minimum Gasteiger partial charge on any atom is -0.377 e. The average Bonchev–Trinajstić information content (AvgIpc) is 3.06. The zero-order chi connectivity index (χ0) is 20.8. The van der Waals surface area contributed by atoms with Gasteiger partial charge in [-0.25, -0.2) is 0 Å². The quantitative estimate of drug-likeness (QED) is 0.747. The maximum absolute atomic E-state index is 13.8. The van der Waals surface area contributed by atoms with Crippen molar-refractivity contribution in [3.8, 4) is 0 Å². The van der Waals surface area contributed by atoms with Crippen molar-refractivity contribution >= 4 is 11.8 Å². The van der Waals surface area contributed by atoms with E-state index in [-0.39, 0.29) is 37.4 Å². The van der Waals surface area contributed by atoms with Gasteiger partial charge in [0.1, 0.15) is 18.4 Å². The SMILES string of the molecule is Cc1noc(CN2c3nc(N4CCOC[C@H]4C)cc(=O)n3CC[C@H]2C(F)(F)F)n1. The first kappa shape index (κ1) is 19.7. The van der Waals surface area contributed by atoms with Crippen LogP contribution in [0.15, 0.2) is 15.4 Å². The first-order valence-corrected chi connectivity index (χ1v) is 9.33. The van der Waals surface area contributed by atoms with E-state index in [4.69, 9.17) is 9.26 Å². The molecule has 4 heterocycles. The van der Waals surface area contributed by atoms with Crippen LogP contribution in [0.3, 0.4) is 0 Å². The fraction of sp³-hybridized carbons (Fsp3) is 0.647.